The molecule has 36 heavy (non-hydrogen) atoms. The van der Waals surface area contributed by atoms with Crippen molar-refractivity contribution < 1.29 is 13.2 Å². The molecule has 10 heteroatoms. The average Bonchev–Trinajstić information content (AvgIpc) is 3.23. The Morgan fingerprint density at radius 3 is 2.58 bits per heavy atom. The quantitative estimate of drug-likeness (QED) is 0.308. The Kier molecular flexibility index (Phi) is 8.77. The topological polar surface area (TPSA) is 109 Å². The molecule has 7 nitrogen and oxygen atoms in total. The van der Waals surface area contributed by atoms with Crippen molar-refractivity contribution in [1.82, 2.24) is 5.32 Å². The van der Waals surface area contributed by atoms with Gasteiger partial charge in [0.25, 0.3) is 0 Å². The van der Waals surface area contributed by atoms with Crippen LogP contribution in [0.2, 0.25) is 0 Å². The smallest absolute Gasteiger partial charge is 0.235 e. The first-order valence-electron chi connectivity index (χ1n) is 11.8. The molecule has 0 aliphatic carbocycles. The minimum Gasteiger partial charge on any atom is -0.489 e. The second-order valence-electron chi connectivity index (χ2n) is 9.03. The molecule has 1 fully saturated rings. The van der Waals surface area contributed by atoms with Gasteiger partial charge in [-0.1, -0.05) is 24.3 Å². The Balaban J connectivity index is 0.00000180. The van der Waals surface area contributed by atoms with Crippen LogP contribution in [0.4, 0.5) is 5.69 Å². The molecule has 2 heterocycles. The maximum atomic E-state index is 13.2. The first kappa shape index (κ1) is 28.1. The highest BCUT2D eigenvalue weighted by molar-refractivity contribution is 7.92. The Hall–Kier alpha value is -2.52. The lowest BCUT2D eigenvalue weighted by atomic mass is 9.98. The van der Waals surface area contributed by atoms with Gasteiger partial charge in [0, 0.05) is 18.5 Å². The molecule has 3 aromatic rings. The third kappa shape index (κ3) is 5.42. The molecule has 0 spiro atoms. The highest BCUT2D eigenvalue weighted by Gasteiger charge is 2.38. The van der Waals surface area contributed by atoms with Crippen LogP contribution in [0.25, 0.3) is 10.8 Å². The Labute approximate surface area is 224 Å². The van der Waals surface area contributed by atoms with Crippen molar-refractivity contribution in [3.63, 3.8) is 0 Å². The fourth-order valence-corrected chi connectivity index (χ4v) is 6.30. The number of nitrogens with two attached hydrogens (primary N) is 1. The summed E-state index contributed by atoms with van der Waals surface area (Å²) in [6.45, 7) is 3.53. The summed E-state index contributed by atoms with van der Waals surface area (Å²) < 4.78 is 34.2. The lowest BCUT2D eigenvalue weighted by Crippen LogP contribution is -2.37. The van der Waals surface area contributed by atoms with Gasteiger partial charge in [-0.2, -0.15) is 0 Å². The molecule has 0 saturated carbocycles. The number of hydrogen-bond acceptors (Lipinski definition) is 5. The Morgan fingerprint density at radius 2 is 1.89 bits per heavy atom. The van der Waals surface area contributed by atoms with Crippen LogP contribution in [0, 0.1) is 5.41 Å². The van der Waals surface area contributed by atoms with E-state index >= 15 is 0 Å². The minimum atomic E-state index is -3.50. The summed E-state index contributed by atoms with van der Waals surface area (Å²) in [5, 5.41) is 13.1. The predicted molar refractivity (Wildman–Crippen MR) is 151 cm³/mol. The number of anilines is 1. The molecule has 3 aromatic carbocycles. The van der Waals surface area contributed by atoms with E-state index in [1.807, 2.05) is 54.6 Å². The molecule has 1 saturated heterocycles. The summed E-state index contributed by atoms with van der Waals surface area (Å²) in [6.07, 6.45) is 2.82. The summed E-state index contributed by atoms with van der Waals surface area (Å²) >= 11 is 0. The van der Waals surface area contributed by atoms with E-state index in [0.29, 0.717) is 12.0 Å². The van der Waals surface area contributed by atoms with Crippen LogP contribution in [0.3, 0.4) is 0 Å². The number of rotatable bonds is 6. The van der Waals surface area contributed by atoms with E-state index in [1.165, 1.54) is 0 Å². The van der Waals surface area contributed by atoms with Crippen molar-refractivity contribution in [2.45, 2.75) is 38.3 Å². The summed E-state index contributed by atoms with van der Waals surface area (Å²) in [6, 6.07) is 17.1. The molecular weight excluding hydrogens is 519 g/mol. The molecule has 2 atom stereocenters. The van der Waals surface area contributed by atoms with Gasteiger partial charge in [0.15, 0.2) is 0 Å². The van der Waals surface area contributed by atoms with Gasteiger partial charge in [-0.3, -0.25) is 9.71 Å². The van der Waals surface area contributed by atoms with Crippen LogP contribution in [0.5, 0.6) is 5.75 Å². The third-order valence-electron chi connectivity index (χ3n) is 6.76. The SMILES string of the molecule is CCS(=O)(=O)N1c2ccc(OC3CCCNC3)cc2CC1c1ccc2ccc(C(=N)N)cc2c1.Cl.Cl. The molecule has 2 unspecified atom stereocenters. The summed E-state index contributed by atoms with van der Waals surface area (Å²) in [5.74, 6) is 0.819. The molecule has 0 aromatic heterocycles. The van der Waals surface area contributed by atoms with Crippen LogP contribution in [0.1, 0.15) is 42.5 Å². The van der Waals surface area contributed by atoms with Gasteiger partial charge in [-0.05, 0) is 78.5 Å². The molecular formula is C26H32Cl2N4O3S. The second kappa shape index (κ2) is 11.3. The molecule has 0 radical (unpaired) electrons. The van der Waals surface area contributed by atoms with E-state index < -0.39 is 10.0 Å². The van der Waals surface area contributed by atoms with Crippen LogP contribution < -0.4 is 20.1 Å². The van der Waals surface area contributed by atoms with E-state index in [-0.39, 0.29) is 48.5 Å². The minimum absolute atomic E-state index is 0. The number of halogens is 2. The standard InChI is InChI=1S/C26H30N4O3S.2ClH/c1-2-34(31,32)30-24-10-9-22(33-23-4-3-11-29-16-23)14-21(24)15-25(30)18-7-5-17-6-8-19(26(27)28)13-20(17)12-18;;/h5-10,12-14,23,25,29H,2-4,11,15-16H2,1H3,(H3,27,28);2*1H. The van der Waals surface area contributed by atoms with Crippen LogP contribution >= 0.6 is 24.8 Å². The number of sulfonamides is 1. The number of fused-ring (bicyclic) bond motifs is 2. The highest BCUT2D eigenvalue weighted by Crippen LogP contribution is 2.44. The zero-order valence-corrected chi connectivity index (χ0v) is 22.5. The second-order valence-corrected chi connectivity index (χ2v) is 11.2. The number of hydrogen-bond donors (Lipinski definition) is 3. The van der Waals surface area contributed by atoms with E-state index in [9.17, 15) is 8.42 Å². The summed E-state index contributed by atoms with van der Waals surface area (Å²) in [7, 11) is -3.50. The summed E-state index contributed by atoms with van der Waals surface area (Å²) in [5.41, 5.74) is 8.94. The zero-order chi connectivity index (χ0) is 23.9. The number of piperidine rings is 1. The normalized spacial score (nSPS) is 19.2. The highest BCUT2D eigenvalue weighted by atomic mass is 35.5. The maximum absolute atomic E-state index is 13.2. The third-order valence-corrected chi connectivity index (χ3v) is 8.54. The van der Waals surface area contributed by atoms with Gasteiger partial charge in [0.1, 0.15) is 17.7 Å². The number of nitrogen functional groups attached to an aromatic ring is 1. The lowest BCUT2D eigenvalue weighted by molar-refractivity contribution is 0.167. The Morgan fingerprint density at radius 1 is 1.11 bits per heavy atom. The zero-order valence-electron chi connectivity index (χ0n) is 20.1. The van der Waals surface area contributed by atoms with E-state index in [0.717, 1.165) is 59.3 Å². The summed E-state index contributed by atoms with van der Waals surface area (Å²) in [4.78, 5) is 0. The van der Waals surface area contributed by atoms with Crippen LogP contribution in [-0.4, -0.2) is 39.2 Å². The number of amidine groups is 1. The van der Waals surface area contributed by atoms with Gasteiger partial charge in [-0.15, -0.1) is 24.8 Å². The van der Waals surface area contributed by atoms with Gasteiger partial charge in [0.05, 0.1) is 17.5 Å². The lowest BCUT2D eigenvalue weighted by Gasteiger charge is -2.27. The van der Waals surface area contributed by atoms with Crippen molar-refractivity contribution in [2.24, 2.45) is 5.73 Å². The monoisotopic (exact) mass is 550 g/mol. The van der Waals surface area contributed by atoms with Gasteiger partial charge < -0.3 is 15.8 Å². The largest absolute Gasteiger partial charge is 0.489 e. The number of nitrogens with zero attached hydrogens (tertiary/aromatic N) is 1. The van der Waals surface area contributed by atoms with E-state index in [1.54, 1.807) is 11.2 Å². The van der Waals surface area contributed by atoms with E-state index in [2.05, 4.69) is 5.32 Å². The predicted octanol–water partition coefficient (Wildman–Crippen LogP) is 4.55. The average molecular weight is 552 g/mol. The van der Waals surface area contributed by atoms with Gasteiger partial charge in [-0.25, -0.2) is 8.42 Å². The van der Waals surface area contributed by atoms with E-state index in [4.69, 9.17) is 15.9 Å². The number of nitrogens with one attached hydrogen (secondary N) is 2. The molecule has 2 aliphatic rings. The molecule has 4 N–H and O–H groups in total. The fraction of sp³-hybridized carbons (Fsp3) is 0.346. The molecule has 5 rings (SSSR count). The van der Waals surface area contributed by atoms with Gasteiger partial charge in [0.2, 0.25) is 10.0 Å². The maximum Gasteiger partial charge on any atom is 0.235 e. The van der Waals surface area contributed by atoms with Crippen molar-refractivity contribution in [2.75, 3.05) is 23.1 Å². The number of ether oxygens (including phenoxy) is 1. The van der Waals surface area contributed by atoms with Crippen molar-refractivity contribution in [1.29, 1.82) is 5.41 Å². The molecule has 0 bridgehead atoms. The van der Waals surface area contributed by atoms with Gasteiger partial charge >= 0.3 is 0 Å². The van der Waals surface area contributed by atoms with Crippen molar-refractivity contribution >= 4 is 57.1 Å². The fourth-order valence-electron chi connectivity index (χ4n) is 4.96. The van der Waals surface area contributed by atoms with Crippen molar-refractivity contribution in [3.05, 3.63) is 71.3 Å². The Bertz CT molecular complexity index is 1360. The molecule has 0 amide bonds. The van der Waals surface area contributed by atoms with Crippen LogP contribution in [-0.2, 0) is 16.4 Å². The first-order valence-corrected chi connectivity index (χ1v) is 13.4. The molecule has 2 aliphatic heterocycles. The van der Waals surface area contributed by atoms with Crippen molar-refractivity contribution in [3.8, 4) is 5.75 Å². The first-order chi connectivity index (χ1) is 16.4. The molecule has 194 valence electrons. The van der Waals surface area contributed by atoms with Crippen LogP contribution in [0.15, 0.2) is 54.6 Å². The number of benzene rings is 3.